The first kappa shape index (κ1) is 11.9. The molecule has 1 N–H and O–H groups in total. The zero-order chi connectivity index (χ0) is 11.8. The van der Waals surface area contributed by atoms with Crippen LogP contribution in [0.1, 0.15) is 52.9 Å². The number of piperidine rings is 2. The lowest BCUT2D eigenvalue weighted by molar-refractivity contribution is -0.162. The Morgan fingerprint density at radius 1 is 1.19 bits per heavy atom. The summed E-state index contributed by atoms with van der Waals surface area (Å²) in [7, 11) is 0. The fourth-order valence-electron chi connectivity index (χ4n) is 2.84. The van der Waals surface area contributed by atoms with Crippen molar-refractivity contribution < 1.29 is 9.53 Å². The highest BCUT2D eigenvalue weighted by molar-refractivity contribution is 5.73. The summed E-state index contributed by atoms with van der Waals surface area (Å²) in [5, 5.41) is 3.59. The van der Waals surface area contributed by atoms with Crippen LogP contribution in [-0.4, -0.2) is 23.7 Å². The van der Waals surface area contributed by atoms with Crippen LogP contribution in [0.25, 0.3) is 0 Å². The van der Waals surface area contributed by atoms with Gasteiger partial charge in [-0.2, -0.15) is 0 Å². The Labute approximate surface area is 97.9 Å². The maximum Gasteiger partial charge on any atom is 0.309 e. The maximum atomic E-state index is 12.0. The molecule has 3 heteroatoms. The van der Waals surface area contributed by atoms with E-state index in [4.69, 9.17) is 4.74 Å². The standard InChI is InChI=1S/C13H23NO2/c1-13(2,3)16-12(15)9-7-10-5-4-6-11(8-9)14-10/h9-11,14H,4-8H2,1-3H3. The SMILES string of the molecule is CC(C)(C)OC(=O)C1CC2CCCC(C1)N2. The van der Waals surface area contributed by atoms with Crippen LogP contribution in [0.3, 0.4) is 0 Å². The van der Waals surface area contributed by atoms with Gasteiger partial charge in [-0.05, 0) is 46.5 Å². The molecule has 2 aliphatic heterocycles. The predicted molar refractivity (Wildman–Crippen MR) is 63.1 cm³/mol. The van der Waals surface area contributed by atoms with Gasteiger partial charge in [0.1, 0.15) is 5.60 Å². The minimum absolute atomic E-state index is 0.00546. The molecule has 2 unspecified atom stereocenters. The first-order valence-corrected chi connectivity index (χ1v) is 6.43. The van der Waals surface area contributed by atoms with E-state index in [0.717, 1.165) is 12.8 Å². The first-order valence-electron chi connectivity index (χ1n) is 6.43. The minimum atomic E-state index is -0.350. The molecule has 0 amide bonds. The van der Waals surface area contributed by atoms with E-state index in [9.17, 15) is 4.79 Å². The van der Waals surface area contributed by atoms with E-state index in [0.29, 0.717) is 12.1 Å². The Hall–Kier alpha value is -0.570. The number of carbonyl (C=O) groups excluding carboxylic acids is 1. The average molecular weight is 225 g/mol. The van der Waals surface area contributed by atoms with Crippen LogP contribution < -0.4 is 5.32 Å². The zero-order valence-corrected chi connectivity index (χ0v) is 10.6. The van der Waals surface area contributed by atoms with Crippen LogP contribution in [-0.2, 0) is 9.53 Å². The molecule has 2 bridgehead atoms. The molecule has 2 heterocycles. The number of nitrogens with one attached hydrogen (secondary N) is 1. The van der Waals surface area contributed by atoms with Gasteiger partial charge in [-0.3, -0.25) is 4.79 Å². The summed E-state index contributed by atoms with van der Waals surface area (Å²) in [5.41, 5.74) is -0.350. The van der Waals surface area contributed by atoms with E-state index < -0.39 is 0 Å². The van der Waals surface area contributed by atoms with Gasteiger partial charge in [0.25, 0.3) is 0 Å². The van der Waals surface area contributed by atoms with Gasteiger partial charge < -0.3 is 10.1 Å². The Morgan fingerprint density at radius 2 is 1.75 bits per heavy atom. The van der Waals surface area contributed by atoms with E-state index in [2.05, 4.69) is 5.32 Å². The van der Waals surface area contributed by atoms with Crippen molar-refractivity contribution in [3.05, 3.63) is 0 Å². The molecular formula is C13H23NO2. The molecule has 2 atom stereocenters. The summed E-state index contributed by atoms with van der Waals surface area (Å²) in [5.74, 6) is 0.127. The molecule has 0 spiro atoms. The van der Waals surface area contributed by atoms with E-state index in [1.54, 1.807) is 0 Å². The smallest absolute Gasteiger partial charge is 0.309 e. The maximum absolute atomic E-state index is 12.0. The Bertz CT molecular complexity index is 258. The third-order valence-corrected chi connectivity index (χ3v) is 3.45. The molecule has 2 rings (SSSR count). The molecule has 2 aliphatic rings. The molecule has 3 nitrogen and oxygen atoms in total. The molecular weight excluding hydrogens is 202 g/mol. The summed E-state index contributed by atoms with van der Waals surface area (Å²) in [6.07, 6.45) is 5.67. The number of fused-ring (bicyclic) bond motifs is 2. The third-order valence-electron chi connectivity index (χ3n) is 3.45. The molecule has 0 aromatic carbocycles. The molecule has 0 aliphatic carbocycles. The molecule has 0 aromatic rings. The van der Waals surface area contributed by atoms with Crippen molar-refractivity contribution in [2.45, 2.75) is 70.6 Å². The van der Waals surface area contributed by atoms with Crippen LogP contribution in [0.15, 0.2) is 0 Å². The van der Waals surface area contributed by atoms with Crippen molar-refractivity contribution in [3.63, 3.8) is 0 Å². The topological polar surface area (TPSA) is 38.3 Å². The fraction of sp³-hybridized carbons (Fsp3) is 0.923. The van der Waals surface area contributed by atoms with Gasteiger partial charge in [-0.15, -0.1) is 0 Å². The van der Waals surface area contributed by atoms with Crippen LogP contribution >= 0.6 is 0 Å². The van der Waals surface area contributed by atoms with Crippen LogP contribution in [0.5, 0.6) is 0 Å². The number of carbonyl (C=O) groups is 1. The fourth-order valence-corrected chi connectivity index (χ4v) is 2.84. The molecule has 16 heavy (non-hydrogen) atoms. The monoisotopic (exact) mass is 225 g/mol. The van der Waals surface area contributed by atoms with Gasteiger partial charge in [0, 0.05) is 12.1 Å². The summed E-state index contributed by atoms with van der Waals surface area (Å²) >= 11 is 0. The van der Waals surface area contributed by atoms with Gasteiger partial charge in [-0.25, -0.2) is 0 Å². The first-order chi connectivity index (χ1) is 7.44. The van der Waals surface area contributed by atoms with Gasteiger partial charge in [-0.1, -0.05) is 6.42 Å². The van der Waals surface area contributed by atoms with E-state index in [1.165, 1.54) is 19.3 Å². The van der Waals surface area contributed by atoms with Gasteiger partial charge in [0.15, 0.2) is 0 Å². The van der Waals surface area contributed by atoms with Crippen LogP contribution in [0.2, 0.25) is 0 Å². The van der Waals surface area contributed by atoms with Crippen molar-refractivity contribution in [2.24, 2.45) is 5.92 Å². The summed E-state index contributed by atoms with van der Waals surface area (Å²) in [6, 6.07) is 1.09. The minimum Gasteiger partial charge on any atom is -0.460 e. The lowest BCUT2D eigenvalue weighted by atomic mass is 9.80. The number of esters is 1. The summed E-state index contributed by atoms with van der Waals surface area (Å²) in [4.78, 5) is 12.0. The molecule has 92 valence electrons. The molecule has 0 aromatic heterocycles. The normalized spacial score (nSPS) is 34.6. The van der Waals surface area contributed by atoms with Crippen molar-refractivity contribution in [1.82, 2.24) is 5.32 Å². The number of rotatable bonds is 1. The van der Waals surface area contributed by atoms with Crippen molar-refractivity contribution in [2.75, 3.05) is 0 Å². The summed E-state index contributed by atoms with van der Waals surface area (Å²) < 4.78 is 5.48. The van der Waals surface area contributed by atoms with Crippen LogP contribution in [0, 0.1) is 5.92 Å². The number of ether oxygens (including phenoxy) is 1. The molecule has 2 saturated heterocycles. The second kappa shape index (κ2) is 4.36. The van der Waals surface area contributed by atoms with Crippen molar-refractivity contribution in [1.29, 1.82) is 0 Å². The number of hydrogen-bond donors (Lipinski definition) is 1. The second-order valence-corrected chi connectivity index (χ2v) is 6.19. The predicted octanol–water partition coefficient (Wildman–Crippen LogP) is 2.25. The van der Waals surface area contributed by atoms with Gasteiger partial charge in [0.2, 0.25) is 0 Å². The van der Waals surface area contributed by atoms with Crippen molar-refractivity contribution in [3.8, 4) is 0 Å². The van der Waals surface area contributed by atoms with E-state index in [-0.39, 0.29) is 17.5 Å². The van der Waals surface area contributed by atoms with Crippen LogP contribution in [0.4, 0.5) is 0 Å². The average Bonchev–Trinajstić information content (AvgIpc) is 2.14. The van der Waals surface area contributed by atoms with Crippen molar-refractivity contribution >= 4 is 5.97 Å². The largest absolute Gasteiger partial charge is 0.460 e. The number of hydrogen-bond acceptors (Lipinski definition) is 3. The molecule has 2 fully saturated rings. The molecule has 0 saturated carbocycles. The highest BCUT2D eigenvalue weighted by Crippen LogP contribution is 2.31. The molecule has 0 radical (unpaired) electrons. The van der Waals surface area contributed by atoms with Gasteiger partial charge >= 0.3 is 5.97 Å². The zero-order valence-electron chi connectivity index (χ0n) is 10.6. The lowest BCUT2D eigenvalue weighted by Gasteiger charge is -2.40. The Balaban J connectivity index is 1.92. The summed E-state index contributed by atoms with van der Waals surface area (Å²) in [6.45, 7) is 5.81. The lowest BCUT2D eigenvalue weighted by Crippen LogP contribution is -2.50. The highest BCUT2D eigenvalue weighted by atomic mass is 16.6. The quantitative estimate of drug-likeness (QED) is 0.696. The van der Waals surface area contributed by atoms with Gasteiger partial charge in [0.05, 0.1) is 5.92 Å². The second-order valence-electron chi connectivity index (χ2n) is 6.19. The Morgan fingerprint density at radius 3 is 2.25 bits per heavy atom. The highest BCUT2D eigenvalue weighted by Gasteiger charge is 2.36. The Kier molecular flexibility index (Phi) is 3.24. The van der Waals surface area contributed by atoms with E-state index in [1.807, 2.05) is 20.8 Å². The third kappa shape index (κ3) is 2.97. The van der Waals surface area contributed by atoms with E-state index >= 15 is 0 Å².